The van der Waals surface area contributed by atoms with Crippen molar-refractivity contribution in [2.45, 2.75) is 5.50 Å². The molecule has 0 radical (unpaired) electrons. The smallest absolute Gasteiger partial charge is 0.149 e. The van der Waals surface area contributed by atoms with Crippen molar-refractivity contribution in [1.29, 1.82) is 0 Å². The molecule has 0 N–H and O–H groups in total. The Labute approximate surface area is 75.3 Å². The van der Waals surface area contributed by atoms with Gasteiger partial charge in [0.25, 0.3) is 0 Å². The monoisotopic (exact) mass is 239 g/mol. The van der Waals surface area contributed by atoms with Gasteiger partial charge in [0.1, 0.15) is 0 Å². The minimum Gasteiger partial charge on any atom is -0.149 e. The highest BCUT2D eigenvalue weighted by molar-refractivity contribution is 9.10. The number of hydrogen-bond donors (Lipinski definition) is 0. The maximum absolute atomic E-state index is 9.96. The molecule has 0 saturated carbocycles. The fourth-order valence-corrected chi connectivity index (χ4v) is 2.42. The number of thiophene rings is 1. The van der Waals surface area contributed by atoms with E-state index in [2.05, 4.69) is 21.1 Å². The van der Waals surface area contributed by atoms with Crippen molar-refractivity contribution in [3.63, 3.8) is 0 Å². The molecule has 1 aromatic rings. The summed E-state index contributed by atoms with van der Waals surface area (Å²) < 4.78 is 0.845. The van der Waals surface area contributed by atoms with Gasteiger partial charge in [0, 0.05) is 4.47 Å². The molecule has 2 nitrogen and oxygen atoms in total. The molecule has 1 unspecified atom stereocenters. The van der Waals surface area contributed by atoms with Crippen LogP contribution in [0.1, 0.15) is 10.4 Å². The summed E-state index contributed by atoms with van der Waals surface area (Å²) in [6.07, 6.45) is 0. The third-order valence-electron chi connectivity index (χ3n) is 0.954. The molecular weight excluding hydrogens is 237 g/mol. The summed E-state index contributed by atoms with van der Waals surface area (Å²) in [5.41, 5.74) is -0.755. The van der Waals surface area contributed by atoms with Crippen LogP contribution in [0.3, 0.4) is 0 Å². The Kier molecular flexibility index (Phi) is 2.82. The second-order valence-corrected chi connectivity index (χ2v) is 3.79. The third-order valence-corrected chi connectivity index (χ3v) is 3.30. The molecule has 0 aliphatic rings. The van der Waals surface area contributed by atoms with Crippen LogP contribution in [-0.2, 0) is 0 Å². The Bertz CT molecular complexity index is 239. The maximum Gasteiger partial charge on any atom is 0.200 e. The highest BCUT2D eigenvalue weighted by atomic mass is 79.9. The van der Waals surface area contributed by atoms with Gasteiger partial charge in [0.2, 0.25) is 5.50 Å². The minimum atomic E-state index is -0.755. The molecule has 0 aliphatic heterocycles. The van der Waals surface area contributed by atoms with Gasteiger partial charge < -0.3 is 0 Å². The van der Waals surface area contributed by atoms with Gasteiger partial charge in [-0.05, 0) is 32.6 Å². The first-order valence-electron chi connectivity index (χ1n) is 2.45. The zero-order valence-corrected chi connectivity index (χ0v) is 7.91. The summed E-state index contributed by atoms with van der Waals surface area (Å²) in [6.45, 7) is 0. The quantitative estimate of drug-likeness (QED) is 0.442. The molecule has 1 aromatic heterocycles. The predicted molar refractivity (Wildman–Crippen MR) is 46.4 cm³/mol. The summed E-state index contributed by atoms with van der Waals surface area (Å²) in [4.78, 5) is 10.7. The third kappa shape index (κ3) is 1.56. The molecular formula is C5H3BrClNOS. The Morgan fingerprint density at radius 1 is 1.80 bits per heavy atom. The van der Waals surface area contributed by atoms with Gasteiger partial charge in [-0.15, -0.1) is 16.2 Å². The molecule has 0 amide bonds. The van der Waals surface area contributed by atoms with E-state index in [1.807, 2.05) is 11.4 Å². The average molecular weight is 241 g/mol. The van der Waals surface area contributed by atoms with Crippen molar-refractivity contribution < 1.29 is 0 Å². The normalized spacial score (nSPS) is 13.0. The number of rotatable bonds is 2. The van der Waals surface area contributed by atoms with Gasteiger partial charge in [-0.3, -0.25) is 0 Å². The van der Waals surface area contributed by atoms with Crippen LogP contribution < -0.4 is 0 Å². The first-order valence-corrected chi connectivity index (χ1v) is 4.56. The maximum atomic E-state index is 9.96. The van der Waals surface area contributed by atoms with Crippen LogP contribution >= 0.6 is 38.9 Å². The van der Waals surface area contributed by atoms with Crippen LogP contribution in [0.4, 0.5) is 0 Å². The lowest BCUT2D eigenvalue weighted by Gasteiger charge is -1.94. The van der Waals surface area contributed by atoms with E-state index in [9.17, 15) is 4.91 Å². The fourth-order valence-electron chi connectivity index (χ4n) is 0.523. The molecule has 0 fully saturated rings. The lowest BCUT2D eigenvalue weighted by atomic mass is 10.5. The number of alkyl halides is 1. The van der Waals surface area contributed by atoms with Gasteiger partial charge in [-0.1, -0.05) is 11.6 Å². The van der Waals surface area contributed by atoms with Gasteiger partial charge in [0.15, 0.2) is 0 Å². The SMILES string of the molecule is O=NC(Cl)c1sccc1Br. The van der Waals surface area contributed by atoms with Crippen molar-refractivity contribution in [2.24, 2.45) is 5.18 Å². The predicted octanol–water partition coefficient (Wildman–Crippen LogP) is 3.51. The van der Waals surface area contributed by atoms with E-state index in [4.69, 9.17) is 11.6 Å². The Balaban J connectivity index is 2.92. The second-order valence-electron chi connectivity index (χ2n) is 1.57. The van der Waals surface area contributed by atoms with Crippen LogP contribution in [0.5, 0.6) is 0 Å². The van der Waals surface area contributed by atoms with E-state index in [-0.39, 0.29) is 0 Å². The Morgan fingerprint density at radius 3 is 2.90 bits per heavy atom. The largest absolute Gasteiger partial charge is 0.200 e. The summed E-state index contributed by atoms with van der Waals surface area (Å²) >= 11 is 10.2. The molecule has 0 aliphatic carbocycles. The van der Waals surface area contributed by atoms with Crippen molar-refractivity contribution in [3.05, 3.63) is 25.7 Å². The van der Waals surface area contributed by atoms with Crippen molar-refractivity contribution >= 4 is 38.9 Å². The van der Waals surface area contributed by atoms with Crippen LogP contribution in [0, 0.1) is 4.91 Å². The summed E-state index contributed by atoms with van der Waals surface area (Å²) in [5.74, 6) is 0. The number of nitroso groups, excluding NO2 is 1. The zero-order valence-electron chi connectivity index (χ0n) is 4.75. The van der Waals surface area contributed by atoms with Crippen LogP contribution in [0.2, 0.25) is 0 Å². The number of hydrogen-bond acceptors (Lipinski definition) is 3. The Morgan fingerprint density at radius 2 is 2.50 bits per heavy atom. The molecule has 54 valence electrons. The minimum absolute atomic E-state index is 0.755. The van der Waals surface area contributed by atoms with Crippen molar-refractivity contribution in [3.8, 4) is 0 Å². The second kappa shape index (κ2) is 3.46. The fraction of sp³-hybridized carbons (Fsp3) is 0.200. The van der Waals surface area contributed by atoms with E-state index >= 15 is 0 Å². The van der Waals surface area contributed by atoms with E-state index in [1.165, 1.54) is 11.3 Å². The standard InChI is InChI=1S/C5H3BrClNOS/c6-3-1-2-10-4(3)5(7)8-9/h1-2,5H. The topological polar surface area (TPSA) is 29.4 Å². The first kappa shape index (κ1) is 8.17. The van der Waals surface area contributed by atoms with Gasteiger partial charge in [-0.25, -0.2) is 0 Å². The molecule has 10 heavy (non-hydrogen) atoms. The molecule has 1 atom stereocenters. The lowest BCUT2D eigenvalue weighted by molar-refractivity contribution is 1.03. The van der Waals surface area contributed by atoms with E-state index in [0.717, 1.165) is 9.35 Å². The molecule has 0 bridgehead atoms. The summed E-state index contributed by atoms with van der Waals surface area (Å²) in [6, 6.07) is 1.83. The van der Waals surface area contributed by atoms with Crippen LogP contribution in [0.15, 0.2) is 21.1 Å². The molecule has 0 spiro atoms. The average Bonchev–Trinajstić information content (AvgIpc) is 2.34. The van der Waals surface area contributed by atoms with Gasteiger partial charge >= 0.3 is 0 Å². The van der Waals surface area contributed by atoms with Gasteiger partial charge in [0.05, 0.1) is 4.88 Å². The number of nitrogens with zero attached hydrogens (tertiary/aromatic N) is 1. The number of halogens is 2. The van der Waals surface area contributed by atoms with Crippen molar-refractivity contribution in [1.82, 2.24) is 0 Å². The van der Waals surface area contributed by atoms with E-state index < -0.39 is 5.50 Å². The zero-order chi connectivity index (χ0) is 7.56. The van der Waals surface area contributed by atoms with Crippen molar-refractivity contribution in [2.75, 3.05) is 0 Å². The highest BCUT2D eigenvalue weighted by Gasteiger charge is 2.11. The highest BCUT2D eigenvalue weighted by Crippen LogP contribution is 2.33. The summed E-state index contributed by atoms with van der Waals surface area (Å²) in [5, 5.41) is 4.53. The molecule has 0 saturated heterocycles. The molecule has 0 aromatic carbocycles. The van der Waals surface area contributed by atoms with Crippen LogP contribution in [-0.4, -0.2) is 0 Å². The molecule has 1 heterocycles. The first-order chi connectivity index (χ1) is 4.75. The van der Waals surface area contributed by atoms with Gasteiger partial charge in [-0.2, -0.15) is 0 Å². The lowest BCUT2D eigenvalue weighted by Crippen LogP contribution is -1.78. The van der Waals surface area contributed by atoms with E-state index in [0.29, 0.717) is 0 Å². The van der Waals surface area contributed by atoms with E-state index in [1.54, 1.807) is 0 Å². The Hall–Kier alpha value is 0.0700. The summed E-state index contributed by atoms with van der Waals surface area (Å²) in [7, 11) is 0. The molecule has 1 rings (SSSR count). The molecule has 5 heteroatoms. The van der Waals surface area contributed by atoms with Crippen LogP contribution in [0.25, 0.3) is 0 Å².